The number of rotatable bonds is 4. The predicted octanol–water partition coefficient (Wildman–Crippen LogP) is 5.76. The van der Waals surface area contributed by atoms with E-state index in [9.17, 15) is 0 Å². The Labute approximate surface area is 170 Å². The smallest absolute Gasteiger partial charge is 0.158 e. The number of benzene rings is 2. The van der Waals surface area contributed by atoms with E-state index >= 15 is 0 Å². The molecule has 0 saturated heterocycles. The van der Waals surface area contributed by atoms with E-state index in [0.29, 0.717) is 6.04 Å². The number of nitrogens with zero attached hydrogens (tertiary/aromatic N) is 4. The zero-order chi connectivity index (χ0) is 19.3. The summed E-state index contributed by atoms with van der Waals surface area (Å²) in [6.07, 6.45) is 4.39. The van der Waals surface area contributed by atoms with Crippen molar-refractivity contribution >= 4 is 23.3 Å². The molecule has 4 nitrogen and oxygen atoms in total. The summed E-state index contributed by atoms with van der Waals surface area (Å²) in [6, 6.07) is 19.6. The van der Waals surface area contributed by atoms with Crippen LogP contribution in [0.4, 0.5) is 5.82 Å². The van der Waals surface area contributed by atoms with Gasteiger partial charge >= 0.3 is 0 Å². The number of aromatic nitrogens is 2. The third-order valence-electron chi connectivity index (χ3n) is 5.47. The highest BCUT2D eigenvalue weighted by Crippen LogP contribution is 2.46. The molecule has 0 N–H and O–H groups in total. The fourth-order valence-corrected chi connectivity index (χ4v) is 4.13. The largest absolute Gasteiger partial charge is 0.342 e. The average molecular weight is 391 g/mol. The number of halogens is 1. The molecular weight excluding hydrogens is 368 g/mol. The molecule has 2 heterocycles. The molecule has 2 aliphatic rings. The third-order valence-corrected chi connectivity index (χ3v) is 5.72. The van der Waals surface area contributed by atoms with Gasteiger partial charge in [-0.2, -0.15) is 5.10 Å². The molecule has 28 heavy (non-hydrogen) atoms. The highest BCUT2D eigenvalue weighted by Gasteiger charge is 2.42. The van der Waals surface area contributed by atoms with Gasteiger partial charge in [-0.1, -0.05) is 54.1 Å². The topological polar surface area (TPSA) is 33.4 Å². The molecule has 0 amide bonds. The first-order chi connectivity index (χ1) is 13.6. The molecule has 1 aliphatic heterocycles. The molecule has 1 aliphatic carbocycles. The van der Waals surface area contributed by atoms with Crippen molar-refractivity contribution in [2.75, 3.05) is 0 Å². The molecule has 5 heteroatoms. The lowest BCUT2D eigenvalue weighted by Gasteiger charge is -2.38. The fourth-order valence-electron chi connectivity index (χ4n) is 4.01. The maximum atomic E-state index is 6.18. The third kappa shape index (κ3) is 2.92. The van der Waals surface area contributed by atoms with Crippen molar-refractivity contribution in [3.8, 4) is 0 Å². The van der Waals surface area contributed by atoms with Gasteiger partial charge in [-0.15, -0.1) is 0 Å². The van der Waals surface area contributed by atoms with Crippen LogP contribution in [0.5, 0.6) is 0 Å². The Kier molecular flexibility index (Phi) is 4.24. The summed E-state index contributed by atoms with van der Waals surface area (Å²) in [6.45, 7) is 4.30. The molecule has 0 spiro atoms. The summed E-state index contributed by atoms with van der Waals surface area (Å²) in [4.78, 5) is 7.64. The van der Waals surface area contributed by atoms with Crippen LogP contribution in [0, 0.1) is 0 Å². The van der Waals surface area contributed by atoms with Gasteiger partial charge in [-0.05, 0) is 44.4 Å². The van der Waals surface area contributed by atoms with Crippen molar-refractivity contribution in [3.63, 3.8) is 0 Å². The minimum atomic E-state index is 0.0972. The predicted molar refractivity (Wildman–Crippen MR) is 113 cm³/mol. The molecule has 0 radical (unpaired) electrons. The van der Waals surface area contributed by atoms with Crippen molar-refractivity contribution in [1.82, 2.24) is 14.7 Å². The highest BCUT2D eigenvalue weighted by molar-refractivity contribution is 6.30. The molecule has 5 rings (SSSR count). The van der Waals surface area contributed by atoms with Crippen molar-refractivity contribution in [2.45, 2.75) is 44.8 Å². The summed E-state index contributed by atoms with van der Waals surface area (Å²) in [7, 11) is 0. The van der Waals surface area contributed by atoms with Crippen LogP contribution in [0.1, 0.15) is 55.5 Å². The van der Waals surface area contributed by atoms with Crippen LogP contribution >= 0.6 is 11.6 Å². The summed E-state index contributed by atoms with van der Waals surface area (Å²) >= 11 is 6.18. The Balaban J connectivity index is 1.74. The minimum Gasteiger partial charge on any atom is -0.342 e. The number of aliphatic imine (C=N–C) groups is 1. The Morgan fingerprint density at radius 2 is 1.71 bits per heavy atom. The van der Waals surface area contributed by atoms with Gasteiger partial charge < -0.3 is 4.90 Å². The van der Waals surface area contributed by atoms with E-state index in [-0.39, 0.29) is 12.1 Å². The van der Waals surface area contributed by atoms with Crippen LogP contribution < -0.4 is 0 Å². The van der Waals surface area contributed by atoms with Crippen LogP contribution in [0.3, 0.4) is 0 Å². The van der Waals surface area contributed by atoms with E-state index in [1.807, 2.05) is 23.0 Å². The van der Waals surface area contributed by atoms with Crippen LogP contribution in [0.25, 0.3) is 0 Å². The number of hydrogen-bond donors (Lipinski definition) is 0. The van der Waals surface area contributed by atoms with Crippen molar-refractivity contribution in [1.29, 1.82) is 0 Å². The van der Waals surface area contributed by atoms with Gasteiger partial charge in [-0.25, -0.2) is 9.67 Å². The minimum absolute atomic E-state index is 0.0972. The zero-order valence-corrected chi connectivity index (χ0v) is 16.8. The first-order valence-electron chi connectivity index (χ1n) is 9.89. The Bertz CT molecular complexity index is 1020. The Morgan fingerprint density at radius 1 is 1.00 bits per heavy atom. The molecule has 1 fully saturated rings. The molecule has 3 aromatic rings. The van der Waals surface area contributed by atoms with Gasteiger partial charge in [0.2, 0.25) is 0 Å². The molecule has 0 unspecified atom stereocenters. The van der Waals surface area contributed by atoms with Gasteiger partial charge in [-0.3, -0.25) is 0 Å². The molecule has 1 aromatic heterocycles. The van der Waals surface area contributed by atoms with Crippen LogP contribution in [0.2, 0.25) is 5.02 Å². The fraction of sp³-hybridized carbons (Fsp3) is 0.304. The van der Waals surface area contributed by atoms with E-state index < -0.39 is 0 Å². The standard InChI is InChI=1S/C23H23ClN4/c1-15(2)28-23-20(14-25-28)21(16-8-10-18(24)11-9-16)27(19-12-13-19)22(26-23)17-6-4-3-5-7-17/h3-11,14-15,19,21H,12-13H2,1-2H3/t21-/m0/s1. The van der Waals surface area contributed by atoms with Crippen molar-refractivity contribution in [2.24, 2.45) is 4.99 Å². The average Bonchev–Trinajstić information content (AvgIpc) is 3.46. The quantitative estimate of drug-likeness (QED) is 0.567. The maximum Gasteiger partial charge on any atom is 0.158 e. The number of amidine groups is 1. The normalized spacial score (nSPS) is 18.9. The molecule has 1 saturated carbocycles. The van der Waals surface area contributed by atoms with Gasteiger partial charge in [0.1, 0.15) is 5.84 Å². The van der Waals surface area contributed by atoms with E-state index in [2.05, 4.69) is 66.3 Å². The molecule has 2 aromatic carbocycles. The zero-order valence-electron chi connectivity index (χ0n) is 16.1. The number of fused-ring (bicyclic) bond motifs is 1. The summed E-state index contributed by atoms with van der Waals surface area (Å²) in [5, 5.41) is 5.45. The molecule has 142 valence electrons. The van der Waals surface area contributed by atoms with Crippen molar-refractivity contribution < 1.29 is 0 Å². The van der Waals surface area contributed by atoms with E-state index in [1.165, 1.54) is 24.0 Å². The van der Waals surface area contributed by atoms with Crippen LogP contribution in [-0.2, 0) is 0 Å². The van der Waals surface area contributed by atoms with Crippen molar-refractivity contribution in [3.05, 3.63) is 82.5 Å². The lowest BCUT2D eigenvalue weighted by molar-refractivity contribution is 0.341. The van der Waals surface area contributed by atoms with Gasteiger partial charge in [0, 0.05) is 28.2 Å². The summed E-state index contributed by atoms with van der Waals surface area (Å²) in [5.74, 6) is 2.00. The Morgan fingerprint density at radius 3 is 2.36 bits per heavy atom. The molecule has 0 bridgehead atoms. The maximum absolute atomic E-state index is 6.18. The molecular formula is C23H23ClN4. The lowest BCUT2D eigenvalue weighted by atomic mass is 9.95. The Hall–Kier alpha value is -2.59. The SMILES string of the molecule is CC(C)n1ncc2c1N=C(c1ccccc1)N(C1CC1)[C@H]2c1ccc(Cl)cc1. The van der Waals surface area contributed by atoms with Gasteiger partial charge in [0.25, 0.3) is 0 Å². The first-order valence-corrected chi connectivity index (χ1v) is 10.3. The van der Waals surface area contributed by atoms with E-state index in [1.54, 1.807) is 0 Å². The summed E-state index contributed by atoms with van der Waals surface area (Å²) < 4.78 is 2.03. The second-order valence-corrected chi connectivity index (χ2v) is 8.29. The van der Waals surface area contributed by atoms with E-state index in [4.69, 9.17) is 16.6 Å². The molecule has 1 atom stereocenters. The first kappa shape index (κ1) is 17.5. The van der Waals surface area contributed by atoms with Gasteiger partial charge in [0.15, 0.2) is 5.82 Å². The number of hydrogen-bond acceptors (Lipinski definition) is 3. The van der Waals surface area contributed by atoms with Crippen LogP contribution in [-0.4, -0.2) is 26.6 Å². The second kappa shape index (κ2) is 6.78. The van der Waals surface area contributed by atoms with Crippen LogP contribution in [0.15, 0.2) is 65.8 Å². The van der Waals surface area contributed by atoms with Gasteiger partial charge in [0.05, 0.1) is 12.2 Å². The highest BCUT2D eigenvalue weighted by atomic mass is 35.5. The monoisotopic (exact) mass is 390 g/mol. The van der Waals surface area contributed by atoms with E-state index in [0.717, 1.165) is 22.2 Å². The lowest BCUT2D eigenvalue weighted by Crippen LogP contribution is -2.40. The summed E-state index contributed by atoms with van der Waals surface area (Å²) in [5.41, 5.74) is 3.54. The second-order valence-electron chi connectivity index (χ2n) is 7.86.